The first kappa shape index (κ1) is 12.5. The Bertz CT molecular complexity index is 307. The molecule has 1 aromatic heterocycles. The molecule has 3 heteroatoms. The van der Waals surface area contributed by atoms with E-state index in [-0.39, 0.29) is 0 Å². The fourth-order valence-electron chi connectivity index (χ4n) is 2.52. The number of nitrogens with one attached hydrogen (secondary N) is 1. The van der Waals surface area contributed by atoms with E-state index in [0.29, 0.717) is 0 Å². The maximum atomic E-state index is 4.02. The van der Waals surface area contributed by atoms with E-state index in [2.05, 4.69) is 34.4 Å². The van der Waals surface area contributed by atoms with Gasteiger partial charge in [0.2, 0.25) is 0 Å². The second-order valence-electron chi connectivity index (χ2n) is 4.95. The standard InChI is InChI=1S/C14H23N3/c1-17(14-4-2-3-5-14)11-10-16-12-13-6-8-15-9-7-13/h6-9,14,16H,2-5,10-12H2,1H3. The Kier molecular flexibility index (Phi) is 4.95. The molecule has 17 heavy (non-hydrogen) atoms. The van der Waals surface area contributed by atoms with Crippen LogP contribution in [0, 0.1) is 0 Å². The molecule has 0 saturated heterocycles. The normalized spacial score (nSPS) is 16.8. The van der Waals surface area contributed by atoms with E-state index >= 15 is 0 Å². The van der Waals surface area contributed by atoms with E-state index in [1.807, 2.05) is 12.4 Å². The van der Waals surface area contributed by atoms with Crippen LogP contribution in [0.25, 0.3) is 0 Å². The van der Waals surface area contributed by atoms with Crippen LogP contribution in [-0.2, 0) is 6.54 Å². The van der Waals surface area contributed by atoms with Gasteiger partial charge in [0, 0.05) is 38.1 Å². The van der Waals surface area contributed by atoms with Gasteiger partial charge in [0.25, 0.3) is 0 Å². The molecule has 1 saturated carbocycles. The Hall–Kier alpha value is -0.930. The van der Waals surface area contributed by atoms with Crippen LogP contribution in [-0.4, -0.2) is 36.1 Å². The summed E-state index contributed by atoms with van der Waals surface area (Å²) in [6.07, 6.45) is 9.31. The largest absolute Gasteiger partial charge is 0.311 e. The minimum Gasteiger partial charge on any atom is -0.311 e. The van der Waals surface area contributed by atoms with Crippen LogP contribution < -0.4 is 5.32 Å². The van der Waals surface area contributed by atoms with Crippen molar-refractivity contribution >= 4 is 0 Å². The topological polar surface area (TPSA) is 28.2 Å². The average molecular weight is 233 g/mol. The highest BCUT2D eigenvalue weighted by molar-refractivity contribution is 5.08. The molecule has 0 unspecified atom stereocenters. The first-order valence-corrected chi connectivity index (χ1v) is 6.66. The monoisotopic (exact) mass is 233 g/mol. The molecule has 0 spiro atoms. The molecule has 1 aliphatic rings. The fourth-order valence-corrected chi connectivity index (χ4v) is 2.52. The van der Waals surface area contributed by atoms with Gasteiger partial charge in [-0.15, -0.1) is 0 Å². The summed E-state index contributed by atoms with van der Waals surface area (Å²) >= 11 is 0. The van der Waals surface area contributed by atoms with Gasteiger partial charge in [0.05, 0.1) is 0 Å². The Morgan fingerprint density at radius 2 is 2.00 bits per heavy atom. The van der Waals surface area contributed by atoms with Crippen LogP contribution in [0.5, 0.6) is 0 Å². The van der Waals surface area contributed by atoms with Crippen molar-refractivity contribution in [2.45, 2.75) is 38.3 Å². The van der Waals surface area contributed by atoms with Crippen LogP contribution in [0.15, 0.2) is 24.5 Å². The summed E-state index contributed by atoms with van der Waals surface area (Å²) in [7, 11) is 2.25. The summed E-state index contributed by atoms with van der Waals surface area (Å²) in [5, 5.41) is 3.49. The van der Waals surface area contributed by atoms with Crippen molar-refractivity contribution in [3.8, 4) is 0 Å². The second kappa shape index (κ2) is 6.72. The lowest BCUT2D eigenvalue weighted by Gasteiger charge is -2.23. The highest BCUT2D eigenvalue weighted by atomic mass is 15.1. The average Bonchev–Trinajstić information content (AvgIpc) is 2.89. The van der Waals surface area contributed by atoms with Gasteiger partial charge in [0.15, 0.2) is 0 Å². The number of likely N-dealkylation sites (N-methyl/N-ethyl adjacent to an activating group) is 1. The van der Waals surface area contributed by atoms with Crippen LogP contribution >= 0.6 is 0 Å². The molecule has 1 heterocycles. The van der Waals surface area contributed by atoms with Crippen molar-refractivity contribution < 1.29 is 0 Å². The van der Waals surface area contributed by atoms with Crippen molar-refractivity contribution in [2.24, 2.45) is 0 Å². The summed E-state index contributed by atoms with van der Waals surface area (Å²) in [5.74, 6) is 0. The Morgan fingerprint density at radius 3 is 2.71 bits per heavy atom. The first-order valence-electron chi connectivity index (χ1n) is 6.66. The summed E-state index contributed by atoms with van der Waals surface area (Å²) in [4.78, 5) is 6.52. The quantitative estimate of drug-likeness (QED) is 0.762. The summed E-state index contributed by atoms with van der Waals surface area (Å²) in [6, 6.07) is 4.96. The smallest absolute Gasteiger partial charge is 0.0271 e. The molecule has 3 nitrogen and oxygen atoms in total. The number of pyridine rings is 1. The van der Waals surface area contributed by atoms with Crippen LogP contribution in [0.3, 0.4) is 0 Å². The molecule has 0 radical (unpaired) electrons. The van der Waals surface area contributed by atoms with Gasteiger partial charge in [0.1, 0.15) is 0 Å². The third-order valence-corrected chi connectivity index (χ3v) is 3.67. The number of rotatable bonds is 6. The van der Waals surface area contributed by atoms with Gasteiger partial charge in [-0.25, -0.2) is 0 Å². The van der Waals surface area contributed by atoms with Gasteiger partial charge in [-0.2, -0.15) is 0 Å². The van der Waals surface area contributed by atoms with Crippen molar-refractivity contribution in [1.82, 2.24) is 15.2 Å². The highest BCUT2D eigenvalue weighted by Gasteiger charge is 2.18. The molecular weight excluding hydrogens is 210 g/mol. The third-order valence-electron chi connectivity index (χ3n) is 3.67. The van der Waals surface area contributed by atoms with E-state index in [0.717, 1.165) is 25.7 Å². The lowest BCUT2D eigenvalue weighted by atomic mass is 10.2. The Labute approximate surface area is 104 Å². The van der Waals surface area contributed by atoms with Crippen LogP contribution in [0.2, 0.25) is 0 Å². The molecule has 94 valence electrons. The summed E-state index contributed by atoms with van der Waals surface area (Å²) in [6.45, 7) is 3.16. The molecule has 0 bridgehead atoms. The zero-order valence-electron chi connectivity index (χ0n) is 10.7. The van der Waals surface area contributed by atoms with Crippen LogP contribution in [0.1, 0.15) is 31.2 Å². The molecule has 1 N–H and O–H groups in total. The van der Waals surface area contributed by atoms with Gasteiger partial charge in [-0.05, 0) is 37.6 Å². The van der Waals surface area contributed by atoms with Gasteiger partial charge >= 0.3 is 0 Å². The van der Waals surface area contributed by atoms with E-state index in [1.165, 1.54) is 31.2 Å². The molecular formula is C14H23N3. The van der Waals surface area contributed by atoms with Gasteiger partial charge < -0.3 is 10.2 Å². The molecule has 0 amide bonds. The number of nitrogens with zero attached hydrogens (tertiary/aromatic N) is 2. The van der Waals surface area contributed by atoms with Crippen molar-refractivity contribution in [3.63, 3.8) is 0 Å². The molecule has 1 aliphatic carbocycles. The molecule has 0 aromatic carbocycles. The van der Waals surface area contributed by atoms with E-state index in [4.69, 9.17) is 0 Å². The van der Waals surface area contributed by atoms with Crippen molar-refractivity contribution in [2.75, 3.05) is 20.1 Å². The molecule has 0 atom stereocenters. The molecule has 2 rings (SSSR count). The zero-order chi connectivity index (χ0) is 11.9. The van der Waals surface area contributed by atoms with Gasteiger partial charge in [-0.3, -0.25) is 4.98 Å². The lowest BCUT2D eigenvalue weighted by molar-refractivity contribution is 0.245. The summed E-state index contributed by atoms with van der Waals surface area (Å²) < 4.78 is 0. The van der Waals surface area contributed by atoms with E-state index < -0.39 is 0 Å². The number of hydrogen-bond acceptors (Lipinski definition) is 3. The number of hydrogen-bond donors (Lipinski definition) is 1. The molecule has 1 aromatic rings. The second-order valence-corrected chi connectivity index (χ2v) is 4.95. The van der Waals surface area contributed by atoms with Gasteiger partial charge in [-0.1, -0.05) is 12.8 Å². The fraction of sp³-hybridized carbons (Fsp3) is 0.643. The highest BCUT2D eigenvalue weighted by Crippen LogP contribution is 2.21. The van der Waals surface area contributed by atoms with Crippen LogP contribution in [0.4, 0.5) is 0 Å². The minimum absolute atomic E-state index is 0.831. The zero-order valence-corrected chi connectivity index (χ0v) is 10.7. The SMILES string of the molecule is CN(CCNCc1ccncc1)C1CCCC1. The molecule has 1 fully saturated rings. The first-order chi connectivity index (χ1) is 8.36. The van der Waals surface area contributed by atoms with Crippen molar-refractivity contribution in [3.05, 3.63) is 30.1 Å². The van der Waals surface area contributed by atoms with E-state index in [9.17, 15) is 0 Å². The maximum Gasteiger partial charge on any atom is 0.0271 e. The maximum absolute atomic E-state index is 4.02. The predicted molar refractivity (Wildman–Crippen MR) is 70.8 cm³/mol. The minimum atomic E-state index is 0.831. The summed E-state index contributed by atoms with van der Waals surface area (Å²) in [5.41, 5.74) is 1.31. The lowest BCUT2D eigenvalue weighted by Crippen LogP contribution is -2.35. The van der Waals surface area contributed by atoms with E-state index in [1.54, 1.807) is 0 Å². The van der Waals surface area contributed by atoms with Crippen molar-refractivity contribution in [1.29, 1.82) is 0 Å². The third kappa shape index (κ3) is 4.10. The Balaban J connectivity index is 1.59. The predicted octanol–water partition coefficient (Wildman–Crippen LogP) is 2.05. The number of aromatic nitrogens is 1. The molecule has 0 aliphatic heterocycles. The Morgan fingerprint density at radius 1 is 1.29 bits per heavy atom.